The molecule has 1 amide bonds. The molecule has 0 N–H and O–H groups in total. The van der Waals surface area contributed by atoms with Crippen LogP contribution in [0.5, 0.6) is 0 Å². The van der Waals surface area contributed by atoms with E-state index in [0.717, 1.165) is 30.7 Å². The predicted octanol–water partition coefficient (Wildman–Crippen LogP) is 4.34. The van der Waals surface area contributed by atoms with Gasteiger partial charge in [-0.1, -0.05) is 36.4 Å². The Morgan fingerprint density at radius 3 is 2.81 bits per heavy atom. The molecule has 1 atom stereocenters. The summed E-state index contributed by atoms with van der Waals surface area (Å²) in [6.07, 6.45) is 5.40. The van der Waals surface area contributed by atoms with E-state index in [9.17, 15) is 4.79 Å². The van der Waals surface area contributed by atoms with Crippen LogP contribution in [0.2, 0.25) is 0 Å². The minimum atomic E-state index is -0.127. The lowest BCUT2D eigenvalue weighted by Gasteiger charge is -2.33. The third-order valence-electron chi connectivity index (χ3n) is 4.95. The highest BCUT2D eigenvalue weighted by molar-refractivity contribution is 5.92. The normalized spacial score (nSPS) is 17.1. The Bertz CT molecular complexity index is 920. The zero-order chi connectivity index (χ0) is 18.6. The number of benzene rings is 1. The Hall–Kier alpha value is -2.95. The van der Waals surface area contributed by atoms with E-state index in [0.29, 0.717) is 24.6 Å². The zero-order valence-electron chi connectivity index (χ0n) is 15.5. The minimum absolute atomic E-state index is 0.0498. The lowest BCUT2D eigenvalue weighted by Crippen LogP contribution is -2.39. The SMILES string of the molecule is Cc1cccc(C(=O)N2CCCC[C@H]2c2ncc(Cc3ccccc3)o2)n1. The first-order valence-corrected chi connectivity index (χ1v) is 9.44. The molecule has 4 rings (SSSR count). The van der Waals surface area contributed by atoms with Crippen LogP contribution in [-0.4, -0.2) is 27.3 Å². The molecule has 27 heavy (non-hydrogen) atoms. The number of hydrogen-bond donors (Lipinski definition) is 0. The zero-order valence-corrected chi connectivity index (χ0v) is 15.5. The Balaban J connectivity index is 1.55. The van der Waals surface area contributed by atoms with Gasteiger partial charge in [0.1, 0.15) is 17.5 Å². The topological polar surface area (TPSA) is 59.2 Å². The van der Waals surface area contributed by atoms with Crippen molar-refractivity contribution in [3.8, 4) is 0 Å². The van der Waals surface area contributed by atoms with Crippen LogP contribution in [0.25, 0.3) is 0 Å². The monoisotopic (exact) mass is 361 g/mol. The van der Waals surface area contributed by atoms with Gasteiger partial charge in [-0.05, 0) is 43.9 Å². The molecule has 1 aromatic carbocycles. The number of pyridine rings is 1. The van der Waals surface area contributed by atoms with Crippen LogP contribution in [0, 0.1) is 6.92 Å². The molecule has 0 radical (unpaired) electrons. The third kappa shape index (κ3) is 3.92. The van der Waals surface area contributed by atoms with E-state index < -0.39 is 0 Å². The number of oxazole rings is 1. The van der Waals surface area contributed by atoms with Gasteiger partial charge in [0, 0.05) is 18.7 Å². The summed E-state index contributed by atoms with van der Waals surface area (Å²) in [4.78, 5) is 23.8. The van der Waals surface area contributed by atoms with Gasteiger partial charge in [-0.25, -0.2) is 9.97 Å². The van der Waals surface area contributed by atoms with Gasteiger partial charge in [0.15, 0.2) is 0 Å². The molecule has 138 valence electrons. The van der Waals surface area contributed by atoms with Gasteiger partial charge < -0.3 is 9.32 Å². The van der Waals surface area contributed by atoms with E-state index in [1.807, 2.05) is 42.2 Å². The Morgan fingerprint density at radius 2 is 2.00 bits per heavy atom. The molecular formula is C22H23N3O2. The maximum absolute atomic E-state index is 13.0. The van der Waals surface area contributed by atoms with Crippen LogP contribution in [0.4, 0.5) is 0 Å². The van der Waals surface area contributed by atoms with Gasteiger partial charge in [0.05, 0.1) is 6.20 Å². The molecule has 0 aliphatic carbocycles. The van der Waals surface area contributed by atoms with Crippen molar-refractivity contribution in [2.45, 2.75) is 38.6 Å². The van der Waals surface area contributed by atoms with Crippen molar-refractivity contribution in [2.75, 3.05) is 6.54 Å². The van der Waals surface area contributed by atoms with Gasteiger partial charge in [-0.15, -0.1) is 0 Å². The van der Waals surface area contributed by atoms with E-state index in [1.165, 1.54) is 5.56 Å². The van der Waals surface area contributed by atoms with Gasteiger partial charge >= 0.3 is 0 Å². The molecule has 1 aliphatic heterocycles. The molecule has 0 spiro atoms. The highest BCUT2D eigenvalue weighted by atomic mass is 16.4. The largest absolute Gasteiger partial charge is 0.443 e. The van der Waals surface area contributed by atoms with Crippen LogP contribution in [-0.2, 0) is 6.42 Å². The first-order chi connectivity index (χ1) is 13.2. The Morgan fingerprint density at radius 1 is 1.15 bits per heavy atom. The molecule has 3 heterocycles. The van der Waals surface area contributed by atoms with Crippen molar-refractivity contribution in [3.63, 3.8) is 0 Å². The van der Waals surface area contributed by atoms with E-state index in [2.05, 4.69) is 22.1 Å². The van der Waals surface area contributed by atoms with Crippen LogP contribution < -0.4 is 0 Å². The molecule has 0 bridgehead atoms. The number of likely N-dealkylation sites (tertiary alicyclic amines) is 1. The summed E-state index contributed by atoms with van der Waals surface area (Å²) in [5, 5.41) is 0. The number of hydrogen-bond acceptors (Lipinski definition) is 4. The number of carbonyl (C=O) groups is 1. The summed E-state index contributed by atoms with van der Waals surface area (Å²) in [5.41, 5.74) is 2.51. The van der Waals surface area contributed by atoms with E-state index >= 15 is 0 Å². The lowest BCUT2D eigenvalue weighted by molar-refractivity contribution is 0.0563. The summed E-state index contributed by atoms with van der Waals surface area (Å²) in [6, 6.07) is 15.6. The molecule has 0 unspecified atom stereocenters. The van der Waals surface area contributed by atoms with E-state index in [-0.39, 0.29) is 11.9 Å². The van der Waals surface area contributed by atoms with Crippen LogP contribution in [0.15, 0.2) is 59.1 Å². The summed E-state index contributed by atoms with van der Waals surface area (Å²) in [6.45, 7) is 2.60. The van der Waals surface area contributed by atoms with Gasteiger partial charge in [-0.3, -0.25) is 4.79 Å². The second kappa shape index (κ2) is 7.74. The maximum Gasteiger partial charge on any atom is 0.273 e. The highest BCUT2D eigenvalue weighted by Crippen LogP contribution is 2.32. The van der Waals surface area contributed by atoms with Gasteiger partial charge in [0.2, 0.25) is 5.89 Å². The molecule has 1 aliphatic rings. The van der Waals surface area contributed by atoms with Crippen LogP contribution in [0.3, 0.4) is 0 Å². The minimum Gasteiger partial charge on any atom is -0.443 e. The van der Waals surface area contributed by atoms with Crippen molar-refractivity contribution in [1.29, 1.82) is 0 Å². The average molecular weight is 361 g/mol. The first-order valence-electron chi connectivity index (χ1n) is 9.44. The molecule has 0 saturated carbocycles. The van der Waals surface area contributed by atoms with E-state index in [1.54, 1.807) is 12.3 Å². The fourth-order valence-electron chi connectivity index (χ4n) is 3.60. The molecule has 1 saturated heterocycles. The number of aryl methyl sites for hydroxylation is 1. The fourth-order valence-corrected chi connectivity index (χ4v) is 3.60. The number of amides is 1. The molecule has 1 fully saturated rings. The Kier molecular flexibility index (Phi) is 5.01. The highest BCUT2D eigenvalue weighted by Gasteiger charge is 2.32. The van der Waals surface area contributed by atoms with Crippen LogP contribution in [0.1, 0.15) is 58.7 Å². The molecular weight excluding hydrogens is 338 g/mol. The standard InChI is InChI=1S/C22H23N3O2/c1-16-8-7-11-19(24-16)22(26)25-13-6-5-12-20(25)21-23-15-18(27-21)14-17-9-3-2-4-10-17/h2-4,7-11,15,20H,5-6,12-14H2,1H3/t20-/m0/s1. The third-order valence-corrected chi connectivity index (χ3v) is 4.95. The number of piperidine rings is 1. The number of carbonyl (C=O) groups excluding carboxylic acids is 1. The predicted molar refractivity (Wildman–Crippen MR) is 102 cm³/mol. The van der Waals surface area contributed by atoms with Crippen molar-refractivity contribution in [3.05, 3.63) is 83.3 Å². The van der Waals surface area contributed by atoms with E-state index in [4.69, 9.17) is 4.42 Å². The van der Waals surface area contributed by atoms with Crippen molar-refractivity contribution < 1.29 is 9.21 Å². The summed E-state index contributed by atoms with van der Waals surface area (Å²) in [7, 11) is 0. The first kappa shape index (κ1) is 17.5. The van der Waals surface area contributed by atoms with Crippen molar-refractivity contribution in [2.24, 2.45) is 0 Å². The number of rotatable bonds is 4. The molecule has 3 aromatic rings. The molecule has 5 heteroatoms. The smallest absolute Gasteiger partial charge is 0.273 e. The lowest BCUT2D eigenvalue weighted by atomic mass is 10.0. The maximum atomic E-state index is 13.0. The molecule has 5 nitrogen and oxygen atoms in total. The number of nitrogens with zero attached hydrogens (tertiary/aromatic N) is 3. The van der Waals surface area contributed by atoms with Gasteiger partial charge in [0.25, 0.3) is 5.91 Å². The molecule has 2 aromatic heterocycles. The summed E-state index contributed by atoms with van der Waals surface area (Å²) in [5.74, 6) is 1.40. The average Bonchev–Trinajstić information content (AvgIpc) is 3.16. The van der Waals surface area contributed by atoms with Crippen LogP contribution >= 0.6 is 0 Å². The number of aromatic nitrogens is 2. The second-order valence-corrected chi connectivity index (χ2v) is 7.00. The summed E-state index contributed by atoms with van der Waals surface area (Å²) < 4.78 is 6.04. The quantitative estimate of drug-likeness (QED) is 0.694. The fraction of sp³-hybridized carbons (Fsp3) is 0.318. The Labute approximate surface area is 159 Å². The van der Waals surface area contributed by atoms with Gasteiger partial charge in [-0.2, -0.15) is 0 Å². The second-order valence-electron chi connectivity index (χ2n) is 7.00. The summed E-state index contributed by atoms with van der Waals surface area (Å²) >= 11 is 0. The van der Waals surface area contributed by atoms with Crippen molar-refractivity contribution >= 4 is 5.91 Å². The van der Waals surface area contributed by atoms with Crippen molar-refractivity contribution in [1.82, 2.24) is 14.9 Å².